The van der Waals surface area contributed by atoms with E-state index < -0.39 is 11.5 Å². The predicted octanol–water partition coefficient (Wildman–Crippen LogP) is 3.68. The molecule has 1 fully saturated rings. The average Bonchev–Trinajstić information content (AvgIpc) is 3.18. The third kappa shape index (κ3) is 3.79. The molecule has 1 unspecified atom stereocenters. The molecule has 4 rings (SSSR count). The lowest BCUT2D eigenvalue weighted by molar-refractivity contribution is -0.0111. The summed E-state index contributed by atoms with van der Waals surface area (Å²) in [5.74, 6) is 0.682. The maximum Gasteiger partial charge on any atom is 0.356 e. The molecule has 3 aromatic rings. The molecule has 1 aliphatic heterocycles. The number of nitrogens with zero attached hydrogens (tertiary/aromatic N) is 3. The molecule has 1 aliphatic rings. The van der Waals surface area contributed by atoms with Crippen LogP contribution in [0.3, 0.4) is 0 Å². The zero-order valence-electron chi connectivity index (χ0n) is 15.6. The van der Waals surface area contributed by atoms with E-state index in [0.29, 0.717) is 28.8 Å². The van der Waals surface area contributed by atoms with Crippen LogP contribution in [-0.4, -0.2) is 39.0 Å². The largest absolute Gasteiger partial charge is 0.489 e. The van der Waals surface area contributed by atoms with Gasteiger partial charge in [0.05, 0.1) is 11.8 Å². The lowest BCUT2D eigenvalue weighted by atomic mass is 10.1. The summed E-state index contributed by atoms with van der Waals surface area (Å²) in [5.41, 5.74) is 0.695. The van der Waals surface area contributed by atoms with Crippen LogP contribution in [0.25, 0.3) is 11.3 Å². The fourth-order valence-corrected chi connectivity index (χ4v) is 4.06. The molecular formula is C20H22FN3O3S. The number of halogens is 1. The topological polar surface area (TPSA) is 57.8 Å². The molecule has 148 valence electrons. The average molecular weight is 403 g/mol. The van der Waals surface area contributed by atoms with Gasteiger partial charge in [0.1, 0.15) is 23.8 Å². The Morgan fingerprint density at radius 2 is 2.25 bits per heavy atom. The molecule has 1 aromatic carbocycles. The van der Waals surface area contributed by atoms with E-state index in [9.17, 15) is 9.18 Å². The molecule has 0 radical (unpaired) electrons. The monoisotopic (exact) mass is 403 g/mol. The third-order valence-electron chi connectivity index (χ3n) is 4.68. The minimum absolute atomic E-state index is 0.0173. The Bertz CT molecular complexity index is 1030. The van der Waals surface area contributed by atoms with Crippen LogP contribution in [0, 0.1) is 5.82 Å². The van der Waals surface area contributed by atoms with Crippen molar-refractivity contribution in [1.82, 2.24) is 14.0 Å². The minimum Gasteiger partial charge on any atom is -0.489 e. The van der Waals surface area contributed by atoms with E-state index in [1.54, 1.807) is 6.07 Å². The van der Waals surface area contributed by atoms with Crippen LogP contribution in [0.5, 0.6) is 5.75 Å². The van der Waals surface area contributed by atoms with Gasteiger partial charge >= 0.3 is 5.69 Å². The molecule has 1 saturated heterocycles. The maximum absolute atomic E-state index is 13.9. The van der Waals surface area contributed by atoms with Crippen LogP contribution in [0.2, 0.25) is 0 Å². The van der Waals surface area contributed by atoms with Gasteiger partial charge < -0.3 is 9.47 Å². The van der Waals surface area contributed by atoms with Gasteiger partial charge in [-0.05, 0) is 49.3 Å². The second-order valence-electron chi connectivity index (χ2n) is 6.59. The zero-order valence-corrected chi connectivity index (χ0v) is 16.5. The summed E-state index contributed by atoms with van der Waals surface area (Å²) in [5, 5.41) is 0.629. The number of hydrogen-bond acceptors (Lipinski definition) is 5. The first-order valence-electron chi connectivity index (χ1n) is 9.44. The second kappa shape index (κ2) is 8.36. The van der Waals surface area contributed by atoms with E-state index in [4.69, 9.17) is 9.47 Å². The Balaban J connectivity index is 1.75. The van der Waals surface area contributed by atoms with Crippen LogP contribution < -0.4 is 10.4 Å². The normalized spacial score (nSPS) is 17.1. The first-order valence-corrected chi connectivity index (χ1v) is 10.4. The number of rotatable bonds is 6. The van der Waals surface area contributed by atoms with Gasteiger partial charge in [-0.15, -0.1) is 0 Å². The Hall–Kier alpha value is -2.32. The van der Waals surface area contributed by atoms with Crippen LogP contribution in [0.4, 0.5) is 4.39 Å². The van der Waals surface area contributed by atoms with E-state index >= 15 is 0 Å². The molecule has 6 nitrogen and oxygen atoms in total. The highest BCUT2D eigenvalue weighted by Crippen LogP contribution is 2.27. The maximum atomic E-state index is 13.9. The molecule has 1 atom stereocenters. The number of fused-ring (bicyclic) bond motifs is 1. The lowest BCUT2D eigenvalue weighted by Crippen LogP contribution is -2.27. The van der Waals surface area contributed by atoms with Crippen molar-refractivity contribution >= 4 is 17.4 Å². The van der Waals surface area contributed by atoms with Gasteiger partial charge in [0.2, 0.25) is 0 Å². The van der Waals surface area contributed by atoms with Gasteiger partial charge in [0.25, 0.3) is 0 Å². The van der Waals surface area contributed by atoms with Gasteiger partial charge in [-0.2, -0.15) is 4.98 Å². The van der Waals surface area contributed by atoms with E-state index in [1.807, 2.05) is 29.7 Å². The predicted molar refractivity (Wildman–Crippen MR) is 106 cm³/mol. The van der Waals surface area contributed by atoms with Gasteiger partial charge in [0, 0.05) is 18.9 Å². The summed E-state index contributed by atoms with van der Waals surface area (Å²) in [6.45, 7) is 3.04. The van der Waals surface area contributed by atoms with E-state index in [-0.39, 0.29) is 6.10 Å². The first kappa shape index (κ1) is 19.0. The Labute approximate surface area is 166 Å². The second-order valence-corrected chi connectivity index (χ2v) is 7.82. The number of ether oxygens (including phenoxy) is 2. The van der Waals surface area contributed by atoms with E-state index in [1.165, 1.54) is 28.5 Å². The number of aromatic nitrogens is 3. The molecule has 8 heteroatoms. The van der Waals surface area contributed by atoms with Gasteiger partial charge in [-0.3, -0.25) is 4.40 Å². The van der Waals surface area contributed by atoms with Crippen molar-refractivity contribution < 1.29 is 13.9 Å². The molecule has 0 bridgehead atoms. The molecule has 0 amide bonds. The molecule has 3 heterocycles. The van der Waals surface area contributed by atoms with Crippen molar-refractivity contribution in [2.45, 2.75) is 37.4 Å². The highest BCUT2D eigenvalue weighted by atomic mass is 32.2. The third-order valence-corrected chi connectivity index (χ3v) is 5.51. The molecular weight excluding hydrogens is 381 g/mol. The van der Waals surface area contributed by atoms with Crippen molar-refractivity contribution in [3.63, 3.8) is 0 Å². The quantitative estimate of drug-likeness (QED) is 0.588. The summed E-state index contributed by atoms with van der Waals surface area (Å²) >= 11 is 1.49. The van der Waals surface area contributed by atoms with E-state index in [0.717, 1.165) is 31.6 Å². The molecule has 28 heavy (non-hydrogen) atoms. The number of hydrogen-bond donors (Lipinski definition) is 0. The Morgan fingerprint density at radius 1 is 1.36 bits per heavy atom. The SMILES string of the molecule is CCSc1nc(=O)n(-c2ccc(F)cc2OCC2CCCCO2)c2cccn12. The van der Waals surface area contributed by atoms with Gasteiger partial charge in [-0.25, -0.2) is 13.8 Å². The first-order chi connectivity index (χ1) is 13.7. The zero-order chi connectivity index (χ0) is 19.5. The summed E-state index contributed by atoms with van der Waals surface area (Å²) in [7, 11) is 0. The summed E-state index contributed by atoms with van der Waals surface area (Å²) in [6.07, 6.45) is 4.90. The van der Waals surface area contributed by atoms with Crippen LogP contribution in [-0.2, 0) is 4.74 Å². The van der Waals surface area contributed by atoms with Crippen molar-refractivity contribution in [3.05, 3.63) is 52.8 Å². The molecule has 0 saturated carbocycles. The minimum atomic E-state index is -0.424. The molecule has 0 spiro atoms. The summed E-state index contributed by atoms with van der Waals surface area (Å²) in [4.78, 5) is 17.0. The van der Waals surface area contributed by atoms with Crippen LogP contribution in [0.1, 0.15) is 26.2 Å². The van der Waals surface area contributed by atoms with Gasteiger partial charge in [0.15, 0.2) is 5.16 Å². The standard InChI is InChI=1S/C20H22FN3O3S/c1-2-28-20-22-19(25)24(18-7-5-10-23(18)20)16-9-8-14(21)12-17(16)27-13-15-6-3-4-11-26-15/h5,7-10,12,15H,2-4,6,11,13H2,1H3. The van der Waals surface area contributed by atoms with Crippen molar-refractivity contribution in [1.29, 1.82) is 0 Å². The van der Waals surface area contributed by atoms with Crippen molar-refractivity contribution in [2.24, 2.45) is 0 Å². The molecule has 2 aromatic heterocycles. The lowest BCUT2D eigenvalue weighted by Gasteiger charge is -2.23. The number of benzene rings is 1. The summed E-state index contributed by atoms with van der Waals surface area (Å²) < 4.78 is 28.8. The smallest absolute Gasteiger partial charge is 0.356 e. The van der Waals surface area contributed by atoms with E-state index in [2.05, 4.69) is 4.98 Å². The number of thioether (sulfide) groups is 1. The van der Waals surface area contributed by atoms with Gasteiger partial charge in [-0.1, -0.05) is 18.7 Å². The Morgan fingerprint density at radius 3 is 3.04 bits per heavy atom. The van der Waals surface area contributed by atoms with Crippen LogP contribution in [0.15, 0.2) is 46.5 Å². The van der Waals surface area contributed by atoms with Crippen molar-refractivity contribution in [3.8, 4) is 11.4 Å². The van der Waals surface area contributed by atoms with Crippen LogP contribution >= 0.6 is 11.8 Å². The molecule has 0 aliphatic carbocycles. The summed E-state index contributed by atoms with van der Waals surface area (Å²) in [6, 6.07) is 7.86. The van der Waals surface area contributed by atoms with Crippen molar-refractivity contribution in [2.75, 3.05) is 19.0 Å². The fraction of sp³-hybridized carbons (Fsp3) is 0.400. The fourth-order valence-electron chi connectivity index (χ4n) is 3.37. The highest BCUT2D eigenvalue weighted by Gasteiger charge is 2.19. The molecule has 0 N–H and O–H groups in total. The highest BCUT2D eigenvalue weighted by molar-refractivity contribution is 7.99. The Kier molecular flexibility index (Phi) is 5.68.